The van der Waals surface area contributed by atoms with Crippen LogP contribution in [0, 0.1) is 6.92 Å². The molecule has 1 unspecified atom stereocenters. The van der Waals surface area contributed by atoms with Crippen LogP contribution in [0.15, 0.2) is 66.7 Å². The minimum atomic E-state index is -0.542. The summed E-state index contributed by atoms with van der Waals surface area (Å²) in [6, 6.07) is 21.5. The number of benzene rings is 3. The molecular weight excluding hydrogens is 436 g/mol. The van der Waals surface area contributed by atoms with Gasteiger partial charge in [0, 0.05) is 18.0 Å². The van der Waals surface area contributed by atoms with Gasteiger partial charge in [-0.3, -0.25) is 9.59 Å². The summed E-state index contributed by atoms with van der Waals surface area (Å²) in [6.45, 7) is 4.26. The van der Waals surface area contributed by atoms with Crippen LogP contribution in [-0.4, -0.2) is 35.4 Å². The van der Waals surface area contributed by atoms with Gasteiger partial charge >= 0.3 is 0 Å². The molecule has 1 saturated carbocycles. The summed E-state index contributed by atoms with van der Waals surface area (Å²) in [5.41, 5.74) is 2.14. The highest BCUT2D eigenvalue weighted by atomic mass is 16.5. The second-order valence-corrected chi connectivity index (χ2v) is 9.48. The quantitative estimate of drug-likeness (QED) is 0.429. The number of carbonyl (C=O) groups excluding carboxylic acids is 2. The van der Waals surface area contributed by atoms with E-state index >= 15 is 0 Å². The zero-order valence-corrected chi connectivity index (χ0v) is 20.8. The lowest BCUT2D eigenvalue weighted by molar-refractivity contribution is -0.143. The van der Waals surface area contributed by atoms with E-state index in [9.17, 15) is 9.59 Å². The van der Waals surface area contributed by atoms with Crippen LogP contribution in [0.2, 0.25) is 0 Å². The summed E-state index contributed by atoms with van der Waals surface area (Å²) in [5.74, 6) is 0.422. The Kier molecular flexibility index (Phi) is 8.40. The molecule has 35 heavy (non-hydrogen) atoms. The monoisotopic (exact) mass is 472 g/mol. The average molecular weight is 473 g/mol. The van der Waals surface area contributed by atoms with Crippen LogP contribution in [-0.2, 0) is 16.1 Å². The molecule has 1 aliphatic carbocycles. The van der Waals surface area contributed by atoms with Gasteiger partial charge in [0.05, 0.1) is 0 Å². The number of hydrogen-bond donors (Lipinski definition) is 1. The lowest BCUT2D eigenvalue weighted by Crippen LogP contribution is -2.52. The van der Waals surface area contributed by atoms with Gasteiger partial charge in [0.1, 0.15) is 11.8 Å². The number of nitrogens with one attached hydrogen (secondary N) is 1. The summed E-state index contributed by atoms with van der Waals surface area (Å²) in [6.07, 6.45) is 6.09. The van der Waals surface area contributed by atoms with Gasteiger partial charge in [0.2, 0.25) is 5.91 Å². The normalized spacial score (nSPS) is 14.9. The van der Waals surface area contributed by atoms with Crippen molar-refractivity contribution in [1.82, 2.24) is 10.2 Å². The molecule has 0 bridgehead atoms. The molecule has 3 aromatic rings. The first-order chi connectivity index (χ1) is 17.1. The third kappa shape index (κ3) is 6.21. The minimum absolute atomic E-state index is 0.0634. The Morgan fingerprint density at radius 3 is 2.46 bits per heavy atom. The number of amides is 2. The first-order valence-electron chi connectivity index (χ1n) is 12.8. The van der Waals surface area contributed by atoms with Crippen molar-refractivity contribution in [1.29, 1.82) is 0 Å². The highest BCUT2D eigenvalue weighted by Crippen LogP contribution is 2.26. The highest BCUT2D eigenvalue weighted by Gasteiger charge is 2.31. The topological polar surface area (TPSA) is 58.6 Å². The van der Waals surface area contributed by atoms with Gasteiger partial charge < -0.3 is 15.0 Å². The number of fused-ring (bicyclic) bond motifs is 1. The van der Waals surface area contributed by atoms with E-state index in [2.05, 4.69) is 5.32 Å². The van der Waals surface area contributed by atoms with Crippen LogP contribution >= 0.6 is 0 Å². The number of ether oxygens (including phenoxy) is 1. The Hall–Kier alpha value is -3.34. The first-order valence-corrected chi connectivity index (χ1v) is 12.8. The van der Waals surface area contributed by atoms with Gasteiger partial charge in [-0.1, -0.05) is 86.8 Å². The SMILES string of the molecule is CCC(C(=O)NC1CCCCC1)N(Cc1ccccc1C)C(=O)COc1cccc2ccccc12. The van der Waals surface area contributed by atoms with E-state index in [1.165, 1.54) is 6.42 Å². The van der Waals surface area contributed by atoms with Crippen molar-refractivity contribution in [2.24, 2.45) is 0 Å². The van der Waals surface area contributed by atoms with Crippen molar-refractivity contribution >= 4 is 22.6 Å². The molecule has 0 spiro atoms. The van der Waals surface area contributed by atoms with E-state index < -0.39 is 6.04 Å². The van der Waals surface area contributed by atoms with Gasteiger partial charge in [-0.25, -0.2) is 0 Å². The van der Waals surface area contributed by atoms with E-state index in [1.807, 2.05) is 80.6 Å². The second kappa shape index (κ2) is 11.9. The Labute approximate surface area is 208 Å². The van der Waals surface area contributed by atoms with Gasteiger partial charge in [-0.05, 0) is 48.8 Å². The third-order valence-electron chi connectivity index (χ3n) is 7.04. The highest BCUT2D eigenvalue weighted by molar-refractivity contribution is 5.90. The molecule has 0 saturated heterocycles. The van der Waals surface area contributed by atoms with Crippen molar-refractivity contribution in [3.8, 4) is 5.75 Å². The standard InChI is InChI=1S/C30H36N2O3/c1-3-27(30(34)31-25-16-5-4-6-17-25)32(20-24-14-8-7-12-22(24)2)29(33)21-35-28-19-11-15-23-13-9-10-18-26(23)28/h7-15,18-19,25,27H,3-6,16-17,20-21H2,1-2H3,(H,31,34). The van der Waals surface area contributed by atoms with Crippen molar-refractivity contribution in [2.45, 2.75) is 71.0 Å². The fourth-order valence-electron chi connectivity index (χ4n) is 4.98. The minimum Gasteiger partial charge on any atom is -0.483 e. The van der Waals surface area contributed by atoms with Crippen LogP contribution in [0.3, 0.4) is 0 Å². The molecule has 1 atom stereocenters. The third-order valence-corrected chi connectivity index (χ3v) is 7.04. The summed E-state index contributed by atoms with van der Waals surface area (Å²) in [4.78, 5) is 28.7. The smallest absolute Gasteiger partial charge is 0.261 e. The van der Waals surface area contributed by atoms with E-state index in [4.69, 9.17) is 4.74 Å². The first kappa shape index (κ1) is 24.8. The maximum atomic E-state index is 13.6. The van der Waals surface area contributed by atoms with Gasteiger partial charge in [-0.15, -0.1) is 0 Å². The lowest BCUT2D eigenvalue weighted by Gasteiger charge is -2.33. The predicted octanol–water partition coefficient (Wildman–Crippen LogP) is 5.78. The van der Waals surface area contributed by atoms with Gasteiger partial charge in [-0.2, -0.15) is 0 Å². The van der Waals surface area contributed by atoms with Crippen molar-refractivity contribution in [3.63, 3.8) is 0 Å². The van der Waals surface area contributed by atoms with E-state index in [0.29, 0.717) is 18.7 Å². The molecule has 0 aromatic heterocycles. The molecule has 0 aliphatic heterocycles. The fraction of sp³-hybridized carbons (Fsp3) is 0.400. The molecule has 4 rings (SSSR count). The molecule has 5 heteroatoms. The van der Waals surface area contributed by atoms with Crippen LogP contribution in [0.1, 0.15) is 56.6 Å². The predicted molar refractivity (Wildman–Crippen MR) is 140 cm³/mol. The molecule has 3 aromatic carbocycles. The fourth-order valence-corrected chi connectivity index (χ4v) is 4.98. The molecule has 184 valence electrons. The number of carbonyl (C=O) groups is 2. The summed E-state index contributed by atoms with van der Waals surface area (Å²) >= 11 is 0. The number of aryl methyl sites for hydroxylation is 1. The second-order valence-electron chi connectivity index (χ2n) is 9.48. The Balaban J connectivity index is 1.54. The van der Waals surface area contributed by atoms with Crippen LogP contribution in [0.5, 0.6) is 5.75 Å². The molecule has 0 heterocycles. The van der Waals surface area contributed by atoms with E-state index in [0.717, 1.165) is 47.6 Å². The molecule has 0 radical (unpaired) electrons. The summed E-state index contributed by atoms with van der Waals surface area (Å²) < 4.78 is 6.03. The Morgan fingerprint density at radius 2 is 1.69 bits per heavy atom. The Morgan fingerprint density at radius 1 is 0.971 bits per heavy atom. The number of hydrogen-bond acceptors (Lipinski definition) is 3. The number of nitrogens with zero attached hydrogens (tertiary/aromatic N) is 1. The van der Waals surface area contributed by atoms with Gasteiger partial charge in [0.15, 0.2) is 6.61 Å². The summed E-state index contributed by atoms with van der Waals surface area (Å²) in [7, 11) is 0. The van der Waals surface area contributed by atoms with Crippen LogP contribution in [0.4, 0.5) is 0 Å². The Bertz CT molecular complexity index is 1150. The molecule has 1 fully saturated rings. The molecule has 1 N–H and O–H groups in total. The van der Waals surface area contributed by atoms with E-state index in [1.54, 1.807) is 4.90 Å². The maximum absolute atomic E-state index is 13.6. The number of rotatable bonds is 9. The zero-order valence-electron chi connectivity index (χ0n) is 20.8. The van der Waals surface area contributed by atoms with Crippen LogP contribution < -0.4 is 10.1 Å². The van der Waals surface area contributed by atoms with Crippen molar-refractivity contribution < 1.29 is 14.3 Å². The molecular formula is C30H36N2O3. The summed E-state index contributed by atoms with van der Waals surface area (Å²) in [5, 5.41) is 5.26. The van der Waals surface area contributed by atoms with Crippen molar-refractivity contribution in [2.75, 3.05) is 6.61 Å². The van der Waals surface area contributed by atoms with Gasteiger partial charge in [0.25, 0.3) is 5.91 Å². The molecule has 2 amide bonds. The van der Waals surface area contributed by atoms with Crippen LogP contribution in [0.25, 0.3) is 10.8 Å². The average Bonchev–Trinajstić information content (AvgIpc) is 2.88. The van der Waals surface area contributed by atoms with E-state index in [-0.39, 0.29) is 24.5 Å². The largest absolute Gasteiger partial charge is 0.483 e. The maximum Gasteiger partial charge on any atom is 0.261 e. The zero-order chi connectivity index (χ0) is 24.6. The van der Waals surface area contributed by atoms with Crippen molar-refractivity contribution in [3.05, 3.63) is 77.9 Å². The molecule has 5 nitrogen and oxygen atoms in total. The molecule has 1 aliphatic rings. The lowest BCUT2D eigenvalue weighted by atomic mass is 9.95.